The summed E-state index contributed by atoms with van der Waals surface area (Å²) in [6, 6.07) is 0. The van der Waals surface area contributed by atoms with Crippen LogP contribution in [0.1, 0.15) is 6.42 Å². The van der Waals surface area contributed by atoms with Gasteiger partial charge in [-0.05, 0) is 29.0 Å². The lowest BCUT2D eigenvalue weighted by atomic mass is 10.2. The van der Waals surface area contributed by atoms with Crippen LogP contribution in [0, 0.1) is 0 Å². The maximum Gasteiger partial charge on any atom is 0.0832 e. The molecule has 0 aromatic heterocycles. The van der Waals surface area contributed by atoms with E-state index in [9.17, 15) is 0 Å². The van der Waals surface area contributed by atoms with Crippen molar-refractivity contribution in [3.05, 3.63) is 22.9 Å². The molecule has 0 spiro atoms. The van der Waals surface area contributed by atoms with Gasteiger partial charge >= 0.3 is 0 Å². The molecule has 2 aliphatic heterocycles. The van der Waals surface area contributed by atoms with Gasteiger partial charge in [-0.25, -0.2) is 0 Å². The second-order valence-corrected chi connectivity index (χ2v) is 4.34. The maximum atomic E-state index is 3.22. The third kappa shape index (κ3) is 0.990. The van der Waals surface area contributed by atoms with Crippen molar-refractivity contribution in [2.24, 2.45) is 0 Å². The summed E-state index contributed by atoms with van der Waals surface area (Å²) in [5.41, 5.74) is 1.56. The highest BCUT2D eigenvalue weighted by Crippen LogP contribution is 2.41. The van der Waals surface area contributed by atoms with Gasteiger partial charge in [0.2, 0.25) is 0 Å². The van der Waals surface area contributed by atoms with Gasteiger partial charge in [0.15, 0.2) is 0 Å². The Balaban J connectivity index is 2.21. The van der Waals surface area contributed by atoms with E-state index in [0.29, 0.717) is 0 Å². The van der Waals surface area contributed by atoms with Crippen LogP contribution < -0.4 is 5.32 Å². The first kappa shape index (κ1) is 5.74. The van der Waals surface area contributed by atoms with Crippen molar-refractivity contribution in [1.82, 2.24) is 5.32 Å². The molecule has 0 saturated carbocycles. The van der Waals surface area contributed by atoms with E-state index in [1.165, 1.54) is 10.8 Å². The summed E-state index contributed by atoms with van der Waals surface area (Å²) in [5.74, 6) is 1.21. The Kier molecular flexibility index (Phi) is 1.47. The van der Waals surface area contributed by atoms with Crippen LogP contribution in [0.2, 0.25) is 0 Å². The molecule has 1 nitrogen and oxygen atoms in total. The number of dihydropyridines is 1. The van der Waals surface area contributed by atoms with Gasteiger partial charge in [0.05, 0.1) is 5.03 Å². The van der Waals surface area contributed by atoms with Crippen molar-refractivity contribution in [2.75, 3.05) is 5.75 Å². The second-order valence-electron chi connectivity index (χ2n) is 2.03. The number of hydrogen-bond acceptors (Lipinski definition) is 3. The van der Waals surface area contributed by atoms with Crippen LogP contribution in [0.3, 0.4) is 0 Å². The predicted molar refractivity (Wildman–Crippen MR) is 44.0 cm³/mol. The van der Waals surface area contributed by atoms with E-state index >= 15 is 0 Å². The van der Waals surface area contributed by atoms with Gasteiger partial charge < -0.3 is 5.32 Å². The Morgan fingerprint density at radius 2 is 2.56 bits per heavy atom. The number of hydrogen-bond donors (Lipinski definition) is 1. The average Bonchev–Trinajstić information content (AvgIpc) is 2.33. The molecule has 0 fully saturated rings. The van der Waals surface area contributed by atoms with Crippen molar-refractivity contribution in [3.63, 3.8) is 0 Å². The maximum absolute atomic E-state index is 3.22. The zero-order valence-corrected chi connectivity index (χ0v) is 6.52. The molecule has 2 aliphatic rings. The molecule has 0 bridgehead atoms. The predicted octanol–water partition coefficient (Wildman–Crippen LogP) is 2.10. The molecule has 0 aromatic carbocycles. The van der Waals surface area contributed by atoms with Crippen molar-refractivity contribution in [3.8, 4) is 0 Å². The van der Waals surface area contributed by atoms with Crippen LogP contribution in [0.25, 0.3) is 0 Å². The normalized spacial score (nSPS) is 24.0. The third-order valence-electron chi connectivity index (χ3n) is 1.39. The Hall–Kier alpha value is -0.0200. The molecule has 2 rings (SSSR count). The summed E-state index contributed by atoms with van der Waals surface area (Å²) < 4.78 is 0. The highest BCUT2D eigenvalue weighted by molar-refractivity contribution is 8.78. The summed E-state index contributed by atoms with van der Waals surface area (Å²) in [5, 5.41) is 4.60. The lowest BCUT2D eigenvalue weighted by Crippen LogP contribution is -2.05. The standard InChI is InChI=1S/C6H7NS2/c1-2-5-4-8-9-6(5)7-3-1/h1,3,7H,2,4H2. The van der Waals surface area contributed by atoms with E-state index in [-0.39, 0.29) is 0 Å². The Morgan fingerprint density at radius 1 is 1.56 bits per heavy atom. The van der Waals surface area contributed by atoms with Gasteiger partial charge in [-0.2, -0.15) is 0 Å². The van der Waals surface area contributed by atoms with E-state index in [1.807, 2.05) is 27.8 Å². The topological polar surface area (TPSA) is 12.0 Å². The first-order chi connectivity index (χ1) is 4.47. The minimum Gasteiger partial charge on any atom is -0.356 e. The van der Waals surface area contributed by atoms with Crippen LogP contribution >= 0.6 is 21.6 Å². The van der Waals surface area contributed by atoms with Gasteiger partial charge in [0, 0.05) is 5.75 Å². The lowest BCUT2D eigenvalue weighted by Gasteiger charge is -2.06. The first-order valence-electron chi connectivity index (χ1n) is 2.90. The highest BCUT2D eigenvalue weighted by Gasteiger charge is 2.15. The molecule has 3 heteroatoms. The Morgan fingerprint density at radius 3 is 3.44 bits per heavy atom. The molecule has 0 aliphatic carbocycles. The zero-order valence-electron chi connectivity index (χ0n) is 4.89. The fourth-order valence-corrected chi connectivity index (χ4v) is 3.41. The fourth-order valence-electron chi connectivity index (χ4n) is 0.898. The smallest absolute Gasteiger partial charge is 0.0832 e. The molecule has 0 saturated heterocycles. The van der Waals surface area contributed by atoms with E-state index in [0.717, 1.165) is 6.42 Å². The van der Waals surface area contributed by atoms with Gasteiger partial charge in [0.25, 0.3) is 0 Å². The summed E-state index contributed by atoms with van der Waals surface area (Å²) in [6.07, 6.45) is 5.35. The number of nitrogens with one attached hydrogen (secondary N) is 1. The van der Waals surface area contributed by atoms with E-state index in [1.54, 1.807) is 5.57 Å². The SMILES string of the molecule is C1=CNC2=C(C1)CSS2. The summed E-state index contributed by atoms with van der Waals surface area (Å²) in [4.78, 5) is 0. The molecule has 0 atom stereocenters. The highest BCUT2D eigenvalue weighted by atomic mass is 33.1. The first-order valence-corrected chi connectivity index (χ1v) is 5.22. The van der Waals surface area contributed by atoms with Crippen LogP contribution in [-0.4, -0.2) is 5.75 Å². The summed E-state index contributed by atoms with van der Waals surface area (Å²) in [7, 11) is 3.78. The molecular weight excluding hydrogens is 150 g/mol. The van der Waals surface area contributed by atoms with E-state index in [4.69, 9.17) is 0 Å². The third-order valence-corrected chi connectivity index (χ3v) is 3.76. The summed E-state index contributed by atoms with van der Waals surface area (Å²) >= 11 is 0. The van der Waals surface area contributed by atoms with Crippen LogP contribution in [0.5, 0.6) is 0 Å². The Bertz CT molecular complexity index is 165. The average molecular weight is 157 g/mol. The van der Waals surface area contributed by atoms with E-state index in [2.05, 4.69) is 11.4 Å². The zero-order chi connectivity index (χ0) is 6.10. The number of allylic oxidation sites excluding steroid dienone is 1. The van der Waals surface area contributed by atoms with Crippen molar-refractivity contribution >= 4 is 21.6 Å². The minimum absolute atomic E-state index is 1.16. The molecule has 0 unspecified atom stereocenters. The van der Waals surface area contributed by atoms with Gasteiger partial charge in [-0.1, -0.05) is 16.9 Å². The quantitative estimate of drug-likeness (QED) is 0.541. The molecule has 9 heavy (non-hydrogen) atoms. The lowest BCUT2D eigenvalue weighted by molar-refractivity contribution is 1.03. The van der Waals surface area contributed by atoms with Gasteiger partial charge in [0.1, 0.15) is 0 Å². The molecule has 48 valence electrons. The van der Waals surface area contributed by atoms with Gasteiger partial charge in [-0.15, -0.1) is 0 Å². The van der Waals surface area contributed by atoms with Crippen molar-refractivity contribution in [2.45, 2.75) is 6.42 Å². The van der Waals surface area contributed by atoms with Crippen LogP contribution in [-0.2, 0) is 0 Å². The summed E-state index contributed by atoms with van der Waals surface area (Å²) in [6.45, 7) is 0. The molecule has 1 N–H and O–H groups in total. The molecular formula is C6H7NS2. The van der Waals surface area contributed by atoms with Crippen LogP contribution in [0.4, 0.5) is 0 Å². The van der Waals surface area contributed by atoms with E-state index < -0.39 is 0 Å². The molecule has 2 heterocycles. The molecule has 0 radical (unpaired) electrons. The van der Waals surface area contributed by atoms with Crippen LogP contribution in [0.15, 0.2) is 22.9 Å². The van der Waals surface area contributed by atoms with Crippen molar-refractivity contribution in [1.29, 1.82) is 0 Å². The molecule has 0 aromatic rings. The van der Waals surface area contributed by atoms with Gasteiger partial charge in [-0.3, -0.25) is 0 Å². The number of rotatable bonds is 0. The molecule has 0 amide bonds. The Labute approximate surface area is 62.4 Å². The minimum atomic E-state index is 1.16. The van der Waals surface area contributed by atoms with Crippen molar-refractivity contribution < 1.29 is 0 Å². The largest absolute Gasteiger partial charge is 0.356 e. The second kappa shape index (κ2) is 2.31. The monoisotopic (exact) mass is 157 g/mol. The fraction of sp³-hybridized carbons (Fsp3) is 0.333.